The highest BCUT2D eigenvalue weighted by atomic mass is 16.3. The molecule has 0 bridgehead atoms. The van der Waals surface area contributed by atoms with E-state index < -0.39 is 5.60 Å². The number of aliphatic hydroxyl groups is 1. The van der Waals surface area contributed by atoms with Crippen molar-refractivity contribution in [2.75, 3.05) is 6.54 Å². The van der Waals surface area contributed by atoms with Gasteiger partial charge in [-0.25, -0.2) is 0 Å². The summed E-state index contributed by atoms with van der Waals surface area (Å²) in [5, 5.41) is 13.3. The van der Waals surface area contributed by atoms with Crippen molar-refractivity contribution < 1.29 is 5.11 Å². The highest BCUT2D eigenvalue weighted by Gasteiger charge is 2.28. The molecule has 1 saturated carbocycles. The summed E-state index contributed by atoms with van der Waals surface area (Å²) in [6.45, 7) is 11.5. The molecule has 2 N–H and O–H groups in total. The first kappa shape index (κ1) is 15.0. The van der Waals surface area contributed by atoms with Crippen LogP contribution in [0.25, 0.3) is 0 Å². The zero-order chi connectivity index (χ0) is 13.1. The van der Waals surface area contributed by atoms with Crippen LogP contribution < -0.4 is 5.32 Å². The van der Waals surface area contributed by atoms with Crippen molar-refractivity contribution in [2.24, 2.45) is 11.3 Å². The third-order valence-corrected chi connectivity index (χ3v) is 4.02. The molecule has 0 radical (unpaired) electrons. The Morgan fingerprint density at radius 3 is 2.18 bits per heavy atom. The molecule has 1 fully saturated rings. The lowest BCUT2D eigenvalue weighted by atomic mass is 9.76. The zero-order valence-corrected chi connectivity index (χ0v) is 12.3. The molecule has 17 heavy (non-hydrogen) atoms. The second-order valence-electron chi connectivity index (χ2n) is 7.46. The minimum Gasteiger partial charge on any atom is -0.389 e. The summed E-state index contributed by atoms with van der Waals surface area (Å²) in [5.41, 5.74) is -0.138. The standard InChI is InChI=1S/C15H31NO/c1-14(2,3)12-7-6-8-13(10-9-12)16-11-15(4,5)17/h12-13,16-17H,6-11H2,1-5H3. The Balaban J connectivity index is 2.38. The molecule has 2 nitrogen and oxygen atoms in total. The fourth-order valence-corrected chi connectivity index (χ4v) is 2.77. The van der Waals surface area contributed by atoms with Gasteiger partial charge in [-0.1, -0.05) is 27.2 Å². The first-order chi connectivity index (χ1) is 7.68. The number of hydrogen-bond donors (Lipinski definition) is 2. The molecule has 0 aromatic heterocycles. The van der Waals surface area contributed by atoms with E-state index in [9.17, 15) is 5.11 Å². The Bertz CT molecular complexity index is 224. The van der Waals surface area contributed by atoms with Crippen molar-refractivity contribution in [2.45, 2.75) is 78.4 Å². The van der Waals surface area contributed by atoms with E-state index in [0.29, 0.717) is 18.0 Å². The number of rotatable bonds is 3. The average molecular weight is 241 g/mol. The molecule has 2 atom stereocenters. The van der Waals surface area contributed by atoms with Gasteiger partial charge in [-0.05, 0) is 50.9 Å². The molecule has 0 aromatic rings. The van der Waals surface area contributed by atoms with E-state index in [1.54, 1.807) is 0 Å². The van der Waals surface area contributed by atoms with E-state index in [4.69, 9.17) is 0 Å². The summed E-state index contributed by atoms with van der Waals surface area (Å²) in [7, 11) is 0. The van der Waals surface area contributed by atoms with Crippen molar-refractivity contribution in [1.29, 1.82) is 0 Å². The van der Waals surface area contributed by atoms with Gasteiger partial charge in [-0.15, -0.1) is 0 Å². The van der Waals surface area contributed by atoms with Gasteiger partial charge in [0, 0.05) is 12.6 Å². The molecule has 1 rings (SSSR count). The minimum atomic E-state index is -0.588. The lowest BCUT2D eigenvalue weighted by Gasteiger charge is -2.30. The third-order valence-electron chi connectivity index (χ3n) is 4.02. The Morgan fingerprint density at radius 2 is 1.65 bits per heavy atom. The van der Waals surface area contributed by atoms with Gasteiger partial charge in [0.05, 0.1) is 5.60 Å². The summed E-state index contributed by atoms with van der Waals surface area (Å²) < 4.78 is 0. The number of hydrogen-bond acceptors (Lipinski definition) is 2. The molecule has 1 aliphatic rings. The smallest absolute Gasteiger partial charge is 0.0715 e. The topological polar surface area (TPSA) is 32.3 Å². The zero-order valence-electron chi connectivity index (χ0n) is 12.3. The van der Waals surface area contributed by atoms with Gasteiger partial charge in [0.15, 0.2) is 0 Å². The predicted molar refractivity (Wildman–Crippen MR) is 74.1 cm³/mol. The lowest BCUT2D eigenvalue weighted by molar-refractivity contribution is 0.0755. The van der Waals surface area contributed by atoms with Gasteiger partial charge >= 0.3 is 0 Å². The molecule has 0 heterocycles. The van der Waals surface area contributed by atoms with Gasteiger partial charge in [0.2, 0.25) is 0 Å². The number of nitrogens with one attached hydrogen (secondary N) is 1. The van der Waals surface area contributed by atoms with Crippen LogP contribution in [0.4, 0.5) is 0 Å². The monoisotopic (exact) mass is 241 g/mol. The summed E-state index contributed by atoms with van der Waals surface area (Å²) in [6.07, 6.45) is 6.54. The van der Waals surface area contributed by atoms with Gasteiger partial charge in [-0.3, -0.25) is 0 Å². The van der Waals surface area contributed by atoms with Crippen LogP contribution in [0.2, 0.25) is 0 Å². The molecule has 0 aromatic carbocycles. The molecule has 0 saturated heterocycles. The van der Waals surface area contributed by atoms with Gasteiger partial charge in [0.1, 0.15) is 0 Å². The van der Waals surface area contributed by atoms with Crippen LogP contribution in [0.1, 0.15) is 66.7 Å². The Hall–Kier alpha value is -0.0800. The van der Waals surface area contributed by atoms with E-state index in [1.165, 1.54) is 32.1 Å². The highest BCUT2D eigenvalue weighted by molar-refractivity contribution is 4.82. The van der Waals surface area contributed by atoms with Crippen LogP contribution in [0, 0.1) is 11.3 Å². The molecule has 0 amide bonds. The van der Waals surface area contributed by atoms with Crippen LogP contribution in [0.3, 0.4) is 0 Å². The van der Waals surface area contributed by atoms with Gasteiger partial charge in [-0.2, -0.15) is 0 Å². The first-order valence-corrected chi connectivity index (χ1v) is 7.14. The van der Waals surface area contributed by atoms with E-state index >= 15 is 0 Å². The van der Waals surface area contributed by atoms with E-state index in [0.717, 1.165) is 5.92 Å². The van der Waals surface area contributed by atoms with Crippen LogP contribution in [-0.2, 0) is 0 Å². The third kappa shape index (κ3) is 5.87. The second kappa shape index (κ2) is 5.71. The van der Waals surface area contributed by atoms with Crippen molar-refractivity contribution in [3.05, 3.63) is 0 Å². The Labute approximate surface area is 107 Å². The maximum atomic E-state index is 9.74. The Kier molecular flexibility index (Phi) is 5.03. The van der Waals surface area contributed by atoms with Crippen LogP contribution >= 0.6 is 0 Å². The molecule has 0 spiro atoms. The molecule has 102 valence electrons. The summed E-state index contributed by atoms with van der Waals surface area (Å²) >= 11 is 0. The van der Waals surface area contributed by atoms with Crippen LogP contribution in [-0.4, -0.2) is 23.3 Å². The van der Waals surface area contributed by atoms with Gasteiger partial charge in [0.25, 0.3) is 0 Å². The summed E-state index contributed by atoms with van der Waals surface area (Å²) in [4.78, 5) is 0. The maximum absolute atomic E-state index is 9.74. The van der Waals surface area contributed by atoms with E-state index in [1.807, 2.05) is 13.8 Å². The molecule has 0 aliphatic heterocycles. The van der Waals surface area contributed by atoms with E-state index in [-0.39, 0.29) is 0 Å². The molecular weight excluding hydrogens is 210 g/mol. The van der Waals surface area contributed by atoms with Crippen molar-refractivity contribution in [1.82, 2.24) is 5.32 Å². The lowest BCUT2D eigenvalue weighted by Crippen LogP contribution is -2.40. The van der Waals surface area contributed by atoms with Crippen LogP contribution in [0.15, 0.2) is 0 Å². The van der Waals surface area contributed by atoms with Crippen molar-refractivity contribution in [3.8, 4) is 0 Å². The second-order valence-corrected chi connectivity index (χ2v) is 7.46. The van der Waals surface area contributed by atoms with Gasteiger partial charge < -0.3 is 10.4 Å². The normalized spacial score (nSPS) is 27.9. The quantitative estimate of drug-likeness (QED) is 0.743. The predicted octanol–water partition coefficient (Wildman–Crippen LogP) is 3.34. The van der Waals surface area contributed by atoms with E-state index in [2.05, 4.69) is 26.1 Å². The fourth-order valence-electron chi connectivity index (χ4n) is 2.77. The molecule has 2 unspecified atom stereocenters. The highest BCUT2D eigenvalue weighted by Crippen LogP contribution is 2.36. The largest absolute Gasteiger partial charge is 0.389 e. The first-order valence-electron chi connectivity index (χ1n) is 7.14. The fraction of sp³-hybridized carbons (Fsp3) is 1.00. The van der Waals surface area contributed by atoms with Crippen LogP contribution in [0.5, 0.6) is 0 Å². The maximum Gasteiger partial charge on any atom is 0.0715 e. The molecule has 1 aliphatic carbocycles. The molecular formula is C15H31NO. The average Bonchev–Trinajstić information content (AvgIpc) is 2.37. The van der Waals surface area contributed by atoms with Crippen molar-refractivity contribution >= 4 is 0 Å². The minimum absolute atomic E-state index is 0.450. The summed E-state index contributed by atoms with van der Waals surface area (Å²) in [6, 6.07) is 0.605. The Morgan fingerprint density at radius 1 is 1.00 bits per heavy atom. The van der Waals surface area contributed by atoms with Crippen molar-refractivity contribution in [3.63, 3.8) is 0 Å². The summed E-state index contributed by atoms with van der Waals surface area (Å²) in [5.74, 6) is 0.858. The SMILES string of the molecule is CC(C)(O)CNC1CCCC(C(C)(C)C)CC1. The molecule has 2 heteroatoms.